The first kappa shape index (κ1) is 11.0. The van der Waals surface area contributed by atoms with Crippen LogP contribution < -0.4 is 5.56 Å². The molecule has 2 heterocycles. The molecule has 2 aromatic heterocycles. The van der Waals surface area contributed by atoms with Crippen LogP contribution in [0.5, 0.6) is 0 Å². The molecule has 0 saturated heterocycles. The number of nitrogens with zero attached hydrogens (tertiary/aromatic N) is 2. The smallest absolute Gasteiger partial charge is 0.261 e. The fourth-order valence-corrected chi connectivity index (χ4v) is 2.52. The number of halogens is 1. The second kappa shape index (κ2) is 4.30. The normalized spacial score (nSPS) is 10.9. The van der Waals surface area contributed by atoms with E-state index in [4.69, 9.17) is 0 Å². The third-order valence-electron chi connectivity index (χ3n) is 2.63. The van der Waals surface area contributed by atoms with E-state index in [1.54, 1.807) is 12.1 Å². The van der Waals surface area contributed by atoms with E-state index in [0.717, 1.165) is 5.56 Å². The molecule has 0 aliphatic carbocycles. The molecule has 0 fully saturated rings. The molecule has 18 heavy (non-hydrogen) atoms. The summed E-state index contributed by atoms with van der Waals surface area (Å²) in [6.07, 6.45) is 1.86. The van der Waals surface area contributed by atoms with Gasteiger partial charge in [-0.2, -0.15) is 4.37 Å². The molecular weight excluding hydrogens is 253 g/mol. The maximum atomic E-state index is 12.8. The van der Waals surface area contributed by atoms with Crippen molar-refractivity contribution in [2.45, 2.75) is 6.42 Å². The summed E-state index contributed by atoms with van der Waals surface area (Å²) in [6, 6.07) is 6.16. The van der Waals surface area contributed by atoms with Gasteiger partial charge in [-0.1, -0.05) is 12.1 Å². The number of aromatic amines is 1. The Bertz CT molecular complexity index is 748. The first-order valence-corrected chi connectivity index (χ1v) is 6.08. The van der Waals surface area contributed by atoms with Crippen LogP contribution in [0.1, 0.15) is 11.3 Å². The molecule has 4 nitrogen and oxygen atoms in total. The summed E-state index contributed by atoms with van der Waals surface area (Å²) in [6.45, 7) is 0. The standard InChI is InChI=1S/C12H8FN3OS/c13-8-3-1-7(2-4-8)5-9-10-11(17)14-6-15-12(10)18-16-9/h1-4,6H,5H2,(H,14,15,17). The van der Waals surface area contributed by atoms with Gasteiger partial charge in [0.25, 0.3) is 5.56 Å². The summed E-state index contributed by atoms with van der Waals surface area (Å²) < 4.78 is 17.0. The molecule has 3 aromatic rings. The minimum absolute atomic E-state index is 0.189. The van der Waals surface area contributed by atoms with Gasteiger partial charge in [0.05, 0.1) is 12.0 Å². The van der Waals surface area contributed by atoms with Gasteiger partial charge >= 0.3 is 0 Å². The van der Waals surface area contributed by atoms with Crippen molar-refractivity contribution in [1.82, 2.24) is 14.3 Å². The molecule has 3 rings (SSSR count). The molecule has 1 N–H and O–H groups in total. The van der Waals surface area contributed by atoms with Crippen molar-refractivity contribution in [3.8, 4) is 0 Å². The zero-order valence-corrected chi connectivity index (χ0v) is 10.00. The molecule has 1 aromatic carbocycles. The van der Waals surface area contributed by atoms with Crippen LogP contribution in [0.25, 0.3) is 10.2 Å². The van der Waals surface area contributed by atoms with E-state index in [1.165, 1.54) is 30.0 Å². The monoisotopic (exact) mass is 261 g/mol. The first-order chi connectivity index (χ1) is 8.74. The van der Waals surface area contributed by atoms with Crippen molar-refractivity contribution in [3.63, 3.8) is 0 Å². The van der Waals surface area contributed by atoms with E-state index < -0.39 is 0 Å². The Morgan fingerprint density at radius 1 is 1.28 bits per heavy atom. The number of fused-ring (bicyclic) bond motifs is 1. The Hall–Kier alpha value is -2.08. The third-order valence-corrected chi connectivity index (χ3v) is 3.43. The van der Waals surface area contributed by atoms with Gasteiger partial charge in [0, 0.05) is 6.42 Å². The molecule has 0 saturated carbocycles. The zero-order valence-electron chi connectivity index (χ0n) is 9.18. The number of hydrogen-bond acceptors (Lipinski definition) is 4. The lowest BCUT2D eigenvalue weighted by Gasteiger charge is -1.98. The van der Waals surface area contributed by atoms with Crippen LogP contribution >= 0.6 is 11.5 Å². The summed E-state index contributed by atoms with van der Waals surface area (Å²) >= 11 is 1.20. The van der Waals surface area contributed by atoms with Gasteiger partial charge < -0.3 is 4.98 Å². The van der Waals surface area contributed by atoms with Gasteiger partial charge in [0.15, 0.2) is 4.83 Å². The molecule has 0 atom stereocenters. The molecule has 90 valence electrons. The number of rotatable bonds is 2. The van der Waals surface area contributed by atoms with E-state index in [9.17, 15) is 9.18 Å². The SMILES string of the molecule is O=c1[nH]cnc2snc(Cc3ccc(F)cc3)c12. The molecule has 0 bridgehead atoms. The maximum Gasteiger partial charge on any atom is 0.261 e. The van der Waals surface area contributed by atoms with Gasteiger partial charge in [0.1, 0.15) is 11.2 Å². The Labute approximate surface area is 105 Å². The summed E-state index contributed by atoms with van der Waals surface area (Å²) in [5.74, 6) is -0.276. The molecule has 0 unspecified atom stereocenters. The fourth-order valence-electron chi connectivity index (χ4n) is 1.77. The predicted octanol–water partition coefficient (Wildman–Crippen LogP) is 2.11. The molecule has 0 aliphatic heterocycles. The van der Waals surface area contributed by atoms with Crippen LogP contribution in [0.15, 0.2) is 35.4 Å². The van der Waals surface area contributed by atoms with Crippen molar-refractivity contribution in [3.05, 3.63) is 58.0 Å². The van der Waals surface area contributed by atoms with Crippen LogP contribution in [-0.2, 0) is 6.42 Å². The van der Waals surface area contributed by atoms with E-state index in [1.807, 2.05) is 0 Å². The largest absolute Gasteiger partial charge is 0.312 e. The van der Waals surface area contributed by atoms with Crippen LogP contribution in [-0.4, -0.2) is 14.3 Å². The summed E-state index contributed by atoms with van der Waals surface area (Å²) in [7, 11) is 0. The molecule has 0 amide bonds. The number of benzene rings is 1. The summed E-state index contributed by atoms with van der Waals surface area (Å²) in [5.41, 5.74) is 1.40. The number of aromatic nitrogens is 3. The molecule has 0 radical (unpaired) electrons. The molecule has 6 heteroatoms. The fraction of sp³-hybridized carbons (Fsp3) is 0.0833. The van der Waals surface area contributed by atoms with E-state index in [-0.39, 0.29) is 11.4 Å². The maximum absolute atomic E-state index is 12.8. The lowest BCUT2D eigenvalue weighted by atomic mass is 10.1. The Balaban J connectivity index is 2.05. The average molecular weight is 261 g/mol. The van der Waals surface area contributed by atoms with Gasteiger partial charge in [-0.15, -0.1) is 0 Å². The Morgan fingerprint density at radius 2 is 2.06 bits per heavy atom. The van der Waals surface area contributed by atoms with Gasteiger partial charge in [-0.25, -0.2) is 9.37 Å². The van der Waals surface area contributed by atoms with Crippen molar-refractivity contribution in [2.24, 2.45) is 0 Å². The van der Waals surface area contributed by atoms with E-state index in [0.29, 0.717) is 22.3 Å². The Kier molecular flexibility index (Phi) is 2.64. The molecular formula is C12H8FN3OS. The van der Waals surface area contributed by atoms with Gasteiger partial charge in [-0.05, 0) is 29.2 Å². The summed E-state index contributed by atoms with van der Waals surface area (Å²) in [4.78, 5) is 18.9. The highest BCUT2D eigenvalue weighted by molar-refractivity contribution is 7.12. The minimum atomic E-state index is -0.276. The van der Waals surface area contributed by atoms with E-state index >= 15 is 0 Å². The summed E-state index contributed by atoms with van der Waals surface area (Å²) in [5, 5.41) is 0.520. The lowest BCUT2D eigenvalue weighted by Crippen LogP contribution is -2.07. The number of hydrogen-bond donors (Lipinski definition) is 1. The van der Waals surface area contributed by atoms with Crippen LogP contribution in [0.3, 0.4) is 0 Å². The second-order valence-corrected chi connectivity index (χ2v) is 4.60. The van der Waals surface area contributed by atoms with Crippen molar-refractivity contribution in [1.29, 1.82) is 0 Å². The quantitative estimate of drug-likeness (QED) is 0.768. The van der Waals surface area contributed by atoms with Crippen LogP contribution in [0.2, 0.25) is 0 Å². The number of nitrogens with one attached hydrogen (secondary N) is 1. The van der Waals surface area contributed by atoms with E-state index in [2.05, 4.69) is 14.3 Å². The van der Waals surface area contributed by atoms with Gasteiger partial charge in [-0.3, -0.25) is 4.79 Å². The van der Waals surface area contributed by atoms with Crippen molar-refractivity contribution < 1.29 is 4.39 Å². The highest BCUT2D eigenvalue weighted by Crippen LogP contribution is 2.19. The average Bonchev–Trinajstić information content (AvgIpc) is 2.77. The lowest BCUT2D eigenvalue weighted by molar-refractivity contribution is 0.627. The van der Waals surface area contributed by atoms with Crippen LogP contribution in [0.4, 0.5) is 4.39 Å². The molecule has 0 spiro atoms. The second-order valence-electron chi connectivity index (χ2n) is 3.84. The molecule has 0 aliphatic rings. The van der Waals surface area contributed by atoms with Gasteiger partial charge in [0.2, 0.25) is 0 Å². The minimum Gasteiger partial charge on any atom is -0.312 e. The zero-order chi connectivity index (χ0) is 12.5. The highest BCUT2D eigenvalue weighted by atomic mass is 32.1. The third kappa shape index (κ3) is 1.91. The van der Waals surface area contributed by atoms with Crippen LogP contribution in [0, 0.1) is 5.82 Å². The van der Waals surface area contributed by atoms with Crippen molar-refractivity contribution in [2.75, 3.05) is 0 Å². The Morgan fingerprint density at radius 3 is 2.83 bits per heavy atom. The topological polar surface area (TPSA) is 58.6 Å². The van der Waals surface area contributed by atoms with Crippen molar-refractivity contribution >= 4 is 21.7 Å². The predicted molar refractivity (Wildman–Crippen MR) is 67.2 cm³/mol. The number of H-pyrrole nitrogens is 1. The first-order valence-electron chi connectivity index (χ1n) is 5.30. The highest BCUT2D eigenvalue weighted by Gasteiger charge is 2.11.